The first-order chi connectivity index (χ1) is 9.22. The van der Waals surface area contributed by atoms with Gasteiger partial charge in [-0.15, -0.1) is 24.0 Å². The topological polar surface area (TPSA) is 58.5 Å². The van der Waals surface area contributed by atoms with Crippen LogP contribution in [-0.2, 0) is 11.2 Å². The molecule has 1 fully saturated rings. The van der Waals surface area contributed by atoms with Crippen molar-refractivity contribution >= 4 is 29.9 Å². The van der Waals surface area contributed by atoms with Gasteiger partial charge in [-0.2, -0.15) is 0 Å². The highest BCUT2D eigenvalue weighted by Gasteiger charge is 2.33. The number of hydrogen-bond donors (Lipinski definition) is 2. The van der Waals surface area contributed by atoms with Gasteiger partial charge in [0.25, 0.3) is 0 Å². The van der Waals surface area contributed by atoms with Gasteiger partial charge >= 0.3 is 0 Å². The van der Waals surface area contributed by atoms with Gasteiger partial charge in [0, 0.05) is 43.9 Å². The molecule has 1 saturated heterocycles. The minimum Gasteiger partial charge on any atom is -0.380 e. The molecule has 20 heavy (non-hydrogen) atoms. The number of ether oxygens (including phenoxy) is 1. The van der Waals surface area contributed by atoms with Gasteiger partial charge in [-0.3, -0.25) is 9.98 Å². The Morgan fingerprint density at radius 3 is 2.75 bits per heavy atom. The summed E-state index contributed by atoms with van der Waals surface area (Å²) >= 11 is 0. The maximum atomic E-state index is 5.23. The van der Waals surface area contributed by atoms with Crippen molar-refractivity contribution < 1.29 is 4.74 Å². The van der Waals surface area contributed by atoms with Crippen LogP contribution in [0, 0.1) is 5.41 Å². The summed E-state index contributed by atoms with van der Waals surface area (Å²) < 4.78 is 5.23. The Kier molecular flexibility index (Phi) is 7.22. The lowest BCUT2D eigenvalue weighted by Crippen LogP contribution is -2.51. The van der Waals surface area contributed by atoms with E-state index in [0.717, 1.165) is 44.4 Å². The number of guanidine groups is 1. The van der Waals surface area contributed by atoms with Crippen molar-refractivity contribution in [3.63, 3.8) is 0 Å². The molecule has 0 bridgehead atoms. The van der Waals surface area contributed by atoms with Crippen LogP contribution in [0.5, 0.6) is 0 Å². The lowest BCUT2D eigenvalue weighted by atomic mass is 9.89. The van der Waals surface area contributed by atoms with Gasteiger partial charge in [0.1, 0.15) is 0 Å². The van der Waals surface area contributed by atoms with E-state index in [4.69, 9.17) is 4.74 Å². The van der Waals surface area contributed by atoms with Gasteiger partial charge in [-0.25, -0.2) is 0 Å². The van der Waals surface area contributed by atoms with E-state index in [0.29, 0.717) is 0 Å². The van der Waals surface area contributed by atoms with Crippen molar-refractivity contribution in [2.45, 2.75) is 13.3 Å². The number of pyridine rings is 1. The Hall–Kier alpha value is -0.890. The van der Waals surface area contributed by atoms with Crippen molar-refractivity contribution in [3.05, 3.63) is 30.1 Å². The van der Waals surface area contributed by atoms with Crippen LogP contribution in [0.1, 0.15) is 12.6 Å². The lowest BCUT2D eigenvalue weighted by molar-refractivity contribution is -0.0971. The van der Waals surface area contributed by atoms with E-state index in [9.17, 15) is 0 Å². The number of halogens is 1. The third-order valence-corrected chi connectivity index (χ3v) is 3.21. The van der Waals surface area contributed by atoms with E-state index in [1.54, 1.807) is 7.05 Å². The molecule has 1 aliphatic heterocycles. The maximum absolute atomic E-state index is 5.23. The molecule has 2 N–H and O–H groups in total. The molecule has 0 aromatic carbocycles. The van der Waals surface area contributed by atoms with Crippen LogP contribution in [0.3, 0.4) is 0 Å². The normalized spacial score (nSPS) is 16.8. The van der Waals surface area contributed by atoms with E-state index in [-0.39, 0.29) is 29.4 Å². The largest absolute Gasteiger partial charge is 0.380 e. The Labute approximate surface area is 137 Å². The average molecular weight is 390 g/mol. The van der Waals surface area contributed by atoms with E-state index in [1.807, 2.05) is 24.4 Å². The van der Waals surface area contributed by atoms with E-state index >= 15 is 0 Å². The third kappa shape index (κ3) is 5.24. The molecule has 0 aliphatic carbocycles. The van der Waals surface area contributed by atoms with E-state index in [1.165, 1.54) is 0 Å². The Morgan fingerprint density at radius 1 is 1.40 bits per heavy atom. The number of nitrogens with one attached hydrogen (secondary N) is 2. The summed E-state index contributed by atoms with van der Waals surface area (Å²) in [6.07, 6.45) is 2.71. The molecule has 1 aliphatic rings. The second-order valence-electron chi connectivity index (χ2n) is 5.23. The zero-order valence-electron chi connectivity index (χ0n) is 12.1. The van der Waals surface area contributed by atoms with Gasteiger partial charge in [0.2, 0.25) is 0 Å². The summed E-state index contributed by atoms with van der Waals surface area (Å²) in [5, 5.41) is 6.63. The molecule has 0 saturated carbocycles. The summed E-state index contributed by atoms with van der Waals surface area (Å²) in [4.78, 5) is 8.51. The number of aromatic nitrogens is 1. The smallest absolute Gasteiger partial charge is 0.191 e. The van der Waals surface area contributed by atoms with Crippen LogP contribution in [0.4, 0.5) is 0 Å². The highest BCUT2D eigenvalue weighted by Crippen LogP contribution is 2.24. The molecule has 0 atom stereocenters. The minimum atomic E-state index is 0. The number of rotatable bonds is 5. The lowest BCUT2D eigenvalue weighted by Gasteiger charge is -2.38. The van der Waals surface area contributed by atoms with Crippen LogP contribution < -0.4 is 10.6 Å². The molecule has 0 radical (unpaired) electrons. The van der Waals surface area contributed by atoms with Crippen molar-refractivity contribution in [1.82, 2.24) is 15.6 Å². The minimum absolute atomic E-state index is 0. The number of aliphatic imine (C=N–C) groups is 1. The van der Waals surface area contributed by atoms with Gasteiger partial charge in [0.05, 0.1) is 13.2 Å². The fourth-order valence-corrected chi connectivity index (χ4v) is 1.93. The molecular formula is C14H23IN4O. The molecule has 112 valence electrons. The van der Waals surface area contributed by atoms with Gasteiger partial charge < -0.3 is 15.4 Å². The number of hydrogen-bond acceptors (Lipinski definition) is 3. The predicted octanol–water partition coefficient (Wildman–Crippen LogP) is 1.44. The standard InChI is InChI=1S/C14H22N4O.HI/c1-14(10-19-11-14)9-18-13(15-2)17-8-6-12-5-3-4-7-16-12;/h3-5,7H,6,8-11H2,1-2H3,(H2,15,17,18);1H. The predicted molar refractivity (Wildman–Crippen MR) is 91.6 cm³/mol. The summed E-state index contributed by atoms with van der Waals surface area (Å²) in [5.74, 6) is 0.837. The highest BCUT2D eigenvalue weighted by atomic mass is 127. The zero-order valence-corrected chi connectivity index (χ0v) is 14.4. The fourth-order valence-electron chi connectivity index (χ4n) is 1.93. The summed E-state index contributed by atoms with van der Waals surface area (Å²) in [6, 6.07) is 5.97. The molecular weight excluding hydrogens is 367 g/mol. The first-order valence-corrected chi connectivity index (χ1v) is 6.64. The van der Waals surface area contributed by atoms with Gasteiger partial charge in [-0.05, 0) is 12.1 Å². The van der Waals surface area contributed by atoms with Crippen LogP contribution in [0.2, 0.25) is 0 Å². The van der Waals surface area contributed by atoms with Crippen molar-refractivity contribution in [2.75, 3.05) is 33.4 Å². The molecule has 1 aromatic heterocycles. The zero-order chi connectivity index (χ0) is 13.6. The van der Waals surface area contributed by atoms with Crippen molar-refractivity contribution in [2.24, 2.45) is 10.4 Å². The molecule has 6 heteroatoms. The Morgan fingerprint density at radius 2 is 2.20 bits per heavy atom. The van der Waals surface area contributed by atoms with Gasteiger partial charge in [-0.1, -0.05) is 13.0 Å². The van der Waals surface area contributed by atoms with Crippen molar-refractivity contribution in [1.29, 1.82) is 0 Å². The van der Waals surface area contributed by atoms with Crippen LogP contribution >= 0.6 is 24.0 Å². The molecule has 2 rings (SSSR count). The quantitative estimate of drug-likeness (QED) is 0.454. The van der Waals surface area contributed by atoms with Crippen LogP contribution in [0.25, 0.3) is 0 Å². The summed E-state index contributed by atoms with van der Waals surface area (Å²) in [6.45, 7) is 5.57. The van der Waals surface area contributed by atoms with E-state index in [2.05, 4.69) is 27.5 Å². The average Bonchev–Trinajstić information content (AvgIpc) is 2.41. The fraction of sp³-hybridized carbons (Fsp3) is 0.571. The second-order valence-corrected chi connectivity index (χ2v) is 5.23. The molecule has 0 spiro atoms. The second kappa shape index (κ2) is 8.41. The van der Waals surface area contributed by atoms with E-state index < -0.39 is 0 Å². The first-order valence-electron chi connectivity index (χ1n) is 6.64. The van der Waals surface area contributed by atoms with Crippen molar-refractivity contribution in [3.8, 4) is 0 Å². The highest BCUT2D eigenvalue weighted by molar-refractivity contribution is 14.0. The molecule has 0 amide bonds. The third-order valence-electron chi connectivity index (χ3n) is 3.21. The molecule has 2 heterocycles. The van der Waals surface area contributed by atoms with Crippen LogP contribution in [0.15, 0.2) is 29.4 Å². The Bertz CT molecular complexity index is 420. The Balaban J connectivity index is 0.00000200. The molecule has 5 nitrogen and oxygen atoms in total. The van der Waals surface area contributed by atoms with Gasteiger partial charge in [0.15, 0.2) is 5.96 Å². The molecule has 0 unspecified atom stereocenters. The number of nitrogens with zero attached hydrogens (tertiary/aromatic N) is 2. The van der Waals surface area contributed by atoms with Crippen LogP contribution in [-0.4, -0.2) is 44.3 Å². The SMILES string of the molecule is CN=C(NCCc1ccccn1)NCC1(C)COC1.I. The monoisotopic (exact) mass is 390 g/mol. The first kappa shape index (κ1) is 17.2. The summed E-state index contributed by atoms with van der Waals surface area (Å²) in [7, 11) is 1.79. The molecule has 1 aromatic rings. The maximum Gasteiger partial charge on any atom is 0.191 e. The summed E-state index contributed by atoms with van der Waals surface area (Å²) in [5.41, 5.74) is 1.34.